The van der Waals surface area contributed by atoms with Gasteiger partial charge in [0.2, 0.25) is 0 Å². The van der Waals surface area contributed by atoms with Crippen LogP contribution in [0, 0.1) is 11.7 Å². The fraction of sp³-hybridized carbons (Fsp3) is 0.375. The van der Waals surface area contributed by atoms with Crippen molar-refractivity contribution < 1.29 is 4.39 Å². The number of thiophene rings is 1. The van der Waals surface area contributed by atoms with E-state index in [1.165, 1.54) is 11.6 Å². The standard InChI is InChI=1S/C16H20FNS/c1-18-11-15(6-5-13-7-8-19-12-13)9-14-3-2-4-16(17)10-14/h2-4,7-8,10,12,15,18H,5-6,9,11H2,1H3. The third kappa shape index (κ3) is 4.77. The molecule has 0 bridgehead atoms. The zero-order chi connectivity index (χ0) is 13.5. The maximum Gasteiger partial charge on any atom is 0.123 e. The molecule has 1 heterocycles. The van der Waals surface area contributed by atoms with Crippen molar-refractivity contribution in [1.29, 1.82) is 0 Å². The smallest absolute Gasteiger partial charge is 0.123 e. The first-order valence-corrected chi connectivity index (χ1v) is 7.62. The molecule has 1 aromatic carbocycles. The topological polar surface area (TPSA) is 12.0 Å². The molecule has 2 aromatic rings. The van der Waals surface area contributed by atoms with Gasteiger partial charge in [-0.3, -0.25) is 0 Å². The Bertz CT molecular complexity index is 481. The molecular formula is C16H20FNS. The molecular weight excluding hydrogens is 257 g/mol. The van der Waals surface area contributed by atoms with E-state index in [-0.39, 0.29) is 5.82 Å². The third-order valence-corrected chi connectivity index (χ3v) is 4.06. The van der Waals surface area contributed by atoms with Crippen molar-refractivity contribution in [3.8, 4) is 0 Å². The Kier molecular flexibility index (Phi) is 5.55. The van der Waals surface area contributed by atoms with Crippen molar-refractivity contribution >= 4 is 11.3 Å². The van der Waals surface area contributed by atoms with E-state index in [1.807, 2.05) is 13.1 Å². The van der Waals surface area contributed by atoms with Gasteiger partial charge in [-0.25, -0.2) is 4.39 Å². The van der Waals surface area contributed by atoms with Crippen LogP contribution in [-0.2, 0) is 12.8 Å². The van der Waals surface area contributed by atoms with Crippen LogP contribution in [0.5, 0.6) is 0 Å². The number of nitrogens with one attached hydrogen (secondary N) is 1. The summed E-state index contributed by atoms with van der Waals surface area (Å²) in [6.45, 7) is 0.973. The Labute approximate surface area is 118 Å². The maximum absolute atomic E-state index is 13.2. The van der Waals surface area contributed by atoms with E-state index in [0.717, 1.165) is 31.4 Å². The average molecular weight is 277 g/mol. The van der Waals surface area contributed by atoms with Crippen molar-refractivity contribution in [1.82, 2.24) is 5.32 Å². The second-order valence-corrected chi connectivity index (χ2v) is 5.71. The molecule has 1 unspecified atom stereocenters. The quantitative estimate of drug-likeness (QED) is 0.809. The molecule has 102 valence electrons. The highest BCUT2D eigenvalue weighted by atomic mass is 32.1. The zero-order valence-electron chi connectivity index (χ0n) is 11.2. The van der Waals surface area contributed by atoms with Crippen LogP contribution in [0.25, 0.3) is 0 Å². The summed E-state index contributed by atoms with van der Waals surface area (Å²) in [5, 5.41) is 7.57. The van der Waals surface area contributed by atoms with Gasteiger partial charge in [0, 0.05) is 0 Å². The van der Waals surface area contributed by atoms with Gasteiger partial charge in [0.15, 0.2) is 0 Å². The minimum absolute atomic E-state index is 0.140. The van der Waals surface area contributed by atoms with E-state index in [4.69, 9.17) is 0 Å². The predicted octanol–water partition coefficient (Wildman–Crippen LogP) is 3.90. The first-order chi connectivity index (χ1) is 9.28. The van der Waals surface area contributed by atoms with Gasteiger partial charge in [0.05, 0.1) is 0 Å². The second-order valence-electron chi connectivity index (χ2n) is 4.93. The summed E-state index contributed by atoms with van der Waals surface area (Å²) < 4.78 is 13.2. The largest absolute Gasteiger partial charge is 0.319 e. The Morgan fingerprint density at radius 3 is 2.84 bits per heavy atom. The van der Waals surface area contributed by atoms with Crippen LogP contribution in [-0.4, -0.2) is 13.6 Å². The molecule has 0 saturated carbocycles. The summed E-state index contributed by atoms with van der Waals surface area (Å²) in [5.74, 6) is 0.408. The van der Waals surface area contributed by atoms with Gasteiger partial charge in [-0.15, -0.1) is 0 Å². The number of aryl methyl sites for hydroxylation is 1. The van der Waals surface area contributed by atoms with Crippen LogP contribution >= 0.6 is 11.3 Å². The minimum atomic E-state index is -0.140. The third-order valence-electron chi connectivity index (χ3n) is 3.33. The molecule has 0 aliphatic carbocycles. The van der Waals surface area contributed by atoms with Crippen LogP contribution in [0.3, 0.4) is 0 Å². The molecule has 0 radical (unpaired) electrons. The monoisotopic (exact) mass is 277 g/mol. The number of hydrogen-bond donors (Lipinski definition) is 1. The summed E-state index contributed by atoms with van der Waals surface area (Å²) in [7, 11) is 1.98. The highest BCUT2D eigenvalue weighted by Crippen LogP contribution is 2.17. The van der Waals surface area contributed by atoms with Crippen LogP contribution in [0.15, 0.2) is 41.1 Å². The molecule has 2 rings (SSSR count). The van der Waals surface area contributed by atoms with E-state index in [0.29, 0.717) is 5.92 Å². The molecule has 1 N–H and O–H groups in total. The fourth-order valence-electron chi connectivity index (χ4n) is 2.37. The highest BCUT2D eigenvalue weighted by Gasteiger charge is 2.10. The van der Waals surface area contributed by atoms with Gasteiger partial charge >= 0.3 is 0 Å². The highest BCUT2D eigenvalue weighted by molar-refractivity contribution is 7.07. The lowest BCUT2D eigenvalue weighted by atomic mass is 9.93. The predicted molar refractivity (Wildman–Crippen MR) is 80.2 cm³/mol. The number of benzene rings is 1. The summed E-state index contributed by atoms with van der Waals surface area (Å²) in [6, 6.07) is 9.13. The summed E-state index contributed by atoms with van der Waals surface area (Å²) in [5.41, 5.74) is 2.50. The Balaban J connectivity index is 1.91. The minimum Gasteiger partial charge on any atom is -0.319 e. The van der Waals surface area contributed by atoms with E-state index in [9.17, 15) is 4.39 Å². The molecule has 0 spiro atoms. The number of rotatable bonds is 7. The van der Waals surface area contributed by atoms with Crippen LogP contribution in [0.2, 0.25) is 0 Å². The van der Waals surface area contributed by atoms with E-state index < -0.39 is 0 Å². The van der Waals surface area contributed by atoms with Crippen LogP contribution < -0.4 is 5.32 Å². The molecule has 0 fully saturated rings. The molecule has 0 aliphatic rings. The van der Waals surface area contributed by atoms with Crippen LogP contribution in [0.1, 0.15) is 17.5 Å². The molecule has 19 heavy (non-hydrogen) atoms. The molecule has 1 atom stereocenters. The number of hydrogen-bond acceptors (Lipinski definition) is 2. The first-order valence-electron chi connectivity index (χ1n) is 6.68. The van der Waals surface area contributed by atoms with Gasteiger partial charge in [-0.05, 0) is 78.9 Å². The van der Waals surface area contributed by atoms with Gasteiger partial charge in [-0.1, -0.05) is 12.1 Å². The van der Waals surface area contributed by atoms with Gasteiger partial charge < -0.3 is 5.32 Å². The van der Waals surface area contributed by atoms with Gasteiger partial charge in [-0.2, -0.15) is 11.3 Å². The lowest BCUT2D eigenvalue weighted by molar-refractivity contribution is 0.460. The van der Waals surface area contributed by atoms with Crippen molar-refractivity contribution in [3.05, 3.63) is 58.0 Å². The van der Waals surface area contributed by atoms with Gasteiger partial charge in [0.25, 0.3) is 0 Å². The summed E-state index contributed by atoms with van der Waals surface area (Å²) >= 11 is 1.75. The van der Waals surface area contributed by atoms with Crippen molar-refractivity contribution in [3.63, 3.8) is 0 Å². The van der Waals surface area contributed by atoms with E-state index in [2.05, 4.69) is 22.1 Å². The molecule has 0 amide bonds. The lowest BCUT2D eigenvalue weighted by Gasteiger charge is -2.16. The molecule has 1 aromatic heterocycles. The summed E-state index contributed by atoms with van der Waals surface area (Å²) in [6.07, 6.45) is 3.17. The lowest BCUT2D eigenvalue weighted by Crippen LogP contribution is -2.21. The molecule has 3 heteroatoms. The van der Waals surface area contributed by atoms with Crippen molar-refractivity contribution in [2.24, 2.45) is 5.92 Å². The van der Waals surface area contributed by atoms with Gasteiger partial charge in [0.1, 0.15) is 5.82 Å². The maximum atomic E-state index is 13.2. The first kappa shape index (κ1) is 14.2. The van der Waals surface area contributed by atoms with Crippen LogP contribution in [0.4, 0.5) is 4.39 Å². The van der Waals surface area contributed by atoms with Crippen molar-refractivity contribution in [2.45, 2.75) is 19.3 Å². The Morgan fingerprint density at radius 1 is 1.26 bits per heavy atom. The zero-order valence-corrected chi connectivity index (χ0v) is 12.0. The molecule has 0 saturated heterocycles. The molecule has 0 aliphatic heterocycles. The number of halogens is 1. The fourth-order valence-corrected chi connectivity index (χ4v) is 3.07. The average Bonchev–Trinajstić information content (AvgIpc) is 2.89. The SMILES string of the molecule is CNCC(CCc1ccsc1)Cc1cccc(F)c1. The second kappa shape index (κ2) is 7.41. The molecule has 1 nitrogen and oxygen atoms in total. The normalized spacial score (nSPS) is 12.5. The Morgan fingerprint density at radius 2 is 2.16 bits per heavy atom. The van der Waals surface area contributed by atoms with Crippen molar-refractivity contribution in [2.75, 3.05) is 13.6 Å². The van der Waals surface area contributed by atoms with E-state index >= 15 is 0 Å². The summed E-state index contributed by atoms with van der Waals surface area (Å²) in [4.78, 5) is 0. The van der Waals surface area contributed by atoms with E-state index in [1.54, 1.807) is 23.5 Å². The Hall–Kier alpha value is -1.19.